The highest BCUT2D eigenvalue weighted by Gasteiger charge is 2.21. The highest BCUT2D eigenvalue weighted by atomic mass is 32.1. The smallest absolute Gasteiger partial charge is 0.250 e. The molecule has 0 aliphatic carbocycles. The lowest BCUT2D eigenvalue weighted by Gasteiger charge is -2.22. The van der Waals surface area contributed by atoms with E-state index >= 15 is 0 Å². The van der Waals surface area contributed by atoms with E-state index in [0.29, 0.717) is 19.7 Å². The molecule has 0 bridgehead atoms. The van der Waals surface area contributed by atoms with Crippen molar-refractivity contribution in [3.05, 3.63) is 35.3 Å². The van der Waals surface area contributed by atoms with Crippen molar-refractivity contribution in [3.63, 3.8) is 0 Å². The Kier molecular flexibility index (Phi) is 5.22. The minimum absolute atomic E-state index is 0.0893. The molecule has 122 valence electrons. The zero-order valence-electron chi connectivity index (χ0n) is 12.9. The fraction of sp³-hybridized carbons (Fsp3) is 0.375. The maximum absolute atomic E-state index is 12.0. The number of hydrogen-bond donors (Lipinski definition) is 2. The van der Waals surface area contributed by atoms with Crippen LogP contribution >= 0.6 is 11.3 Å². The van der Waals surface area contributed by atoms with E-state index in [2.05, 4.69) is 15.6 Å². The molecule has 7 heteroatoms. The fourth-order valence-electron chi connectivity index (χ4n) is 2.30. The molecule has 1 aliphatic heterocycles. The molecular formula is C16H19N3O3S. The summed E-state index contributed by atoms with van der Waals surface area (Å²) in [6, 6.07) is 7.77. The van der Waals surface area contributed by atoms with E-state index in [1.54, 1.807) is 24.6 Å². The zero-order chi connectivity index (χ0) is 16.1. The molecule has 0 radical (unpaired) electrons. The SMILES string of the molecule is COc1cccc(-c2ncc(CNC(=O)C3CNCCO3)s2)c1. The van der Waals surface area contributed by atoms with E-state index in [1.165, 1.54) is 0 Å². The number of amides is 1. The second kappa shape index (κ2) is 7.54. The van der Waals surface area contributed by atoms with Crippen molar-refractivity contribution in [3.8, 4) is 16.3 Å². The molecule has 1 aliphatic rings. The Morgan fingerprint density at radius 1 is 1.57 bits per heavy atom. The van der Waals surface area contributed by atoms with Gasteiger partial charge in [-0.15, -0.1) is 11.3 Å². The molecule has 6 nitrogen and oxygen atoms in total. The Hall–Kier alpha value is -1.96. The van der Waals surface area contributed by atoms with Gasteiger partial charge in [-0.25, -0.2) is 4.98 Å². The Bertz CT molecular complexity index is 668. The largest absolute Gasteiger partial charge is 0.497 e. The number of morpholine rings is 1. The predicted molar refractivity (Wildman–Crippen MR) is 88.6 cm³/mol. The number of methoxy groups -OCH3 is 1. The standard InChI is InChI=1S/C16H19N3O3S/c1-21-12-4-2-3-11(7-12)16-19-9-13(23-16)8-18-15(20)14-10-17-5-6-22-14/h2-4,7,9,14,17H,5-6,8,10H2,1H3,(H,18,20). The summed E-state index contributed by atoms with van der Waals surface area (Å²) in [5.41, 5.74) is 1.01. The van der Waals surface area contributed by atoms with Gasteiger partial charge in [-0.05, 0) is 12.1 Å². The first-order valence-electron chi connectivity index (χ1n) is 7.45. The quantitative estimate of drug-likeness (QED) is 0.866. The van der Waals surface area contributed by atoms with E-state index in [4.69, 9.17) is 9.47 Å². The fourth-order valence-corrected chi connectivity index (χ4v) is 3.15. The molecule has 1 aromatic carbocycles. The molecule has 1 atom stereocenters. The van der Waals surface area contributed by atoms with E-state index in [1.807, 2.05) is 24.3 Å². The lowest BCUT2D eigenvalue weighted by Crippen LogP contribution is -2.47. The number of nitrogens with one attached hydrogen (secondary N) is 2. The van der Waals surface area contributed by atoms with Gasteiger partial charge in [0.05, 0.1) is 20.3 Å². The number of rotatable bonds is 5. The summed E-state index contributed by atoms with van der Waals surface area (Å²) >= 11 is 1.56. The van der Waals surface area contributed by atoms with Crippen molar-refractivity contribution in [1.29, 1.82) is 0 Å². The van der Waals surface area contributed by atoms with Crippen molar-refractivity contribution < 1.29 is 14.3 Å². The third-order valence-electron chi connectivity index (χ3n) is 3.53. The van der Waals surface area contributed by atoms with E-state index in [9.17, 15) is 4.79 Å². The number of benzene rings is 1. The Morgan fingerprint density at radius 3 is 3.26 bits per heavy atom. The molecule has 3 rings (SSSR count). The van der Waals surface area contributed by atoms with Crippen molar-refractivity contribution in [2.24, 2.45) is 0 Å². The molecule has 1 fully saturated rings. The lowest BCUT2D eigenvalue weighted by atomic mass is 10.2. The van der Waals surface area contributed by atoms with Crippen molar-refractivity contribution >= 4 is 17.2 Å². The molecule has 1 unspecified atom stereocenters. The van der Waals surface area contributed by atoms with Crippen LogP contribution in [0.25, 0.3) is 10.6 Å². The molecule has 0 spiro atoms. The second-order valence-corrected chi connectivity index (χ2v) is 6.26. The highest BCUT2D eigenvalue weighted by molar-refractivity contribution is 7.15. The average Bonchev–Trinajstić information content (AvgIpc) is 3.09. The van der Waals surface area contributed by atoms with Crippen LogP contribution in [0.4, 0.5) is 0 Å². The normalized spacial score (nSPS) is 17.7. The third-order valence-corrected chi connectivity index (χ3v) is 4.57. The van der Waals surface area contributed by atoms with Crippen LogP contribution in [0.1, 0.15) is 4.88 Å². The molecular weight excluding hydrogens is 314 g/mol. The third kappa shape index (κ3) is 4.07. The zero-order valence-corrected chi connectivity index (χ0v) is 13.7. The molecule has 23 heavy (non-hydrogen) atoms. The average molecular weight is 333 g/mol. The molecule has 1 aromatic heterocycles. The van der Waals surface area contributed by atoms with Crippen LogP contribution in [0.2, 0.25) is 0 Å². The first-order valence-corrected chi connectivity index (χ1v) is 8.27. The number of carbonyl (C=O) groups is 1. The van der Waals surface area contributed by atoms with E-state index in [-0.39, 0.29) is 5.91 Å². The van der Waals surface area contributed by atoms with Crippen LogP contribution in [-0.4, -0.2) is 43.8 Å². The first kappa shape index (κ1) is 15.9. The number of hydrogen-bond acceptors (Lipinski definition) is 6. The van der Waals surface area contributed by atoms with Crippen molar-refractivity contribution in [2.45, 2.75) is 12.6 Å². The molecule has 1 saturated heterocycles. The highest BCUT2D eigenvalue weighted by Crippen LogP contribution is 2.27. The molecule has 1 amide bonds. The Morgan fingerprint density at radius 2 is 2.48 bits per heavy atom. The van der Waals surface area contributed by atoms with Crippen LogP contribution in [0.3, 0.4) is 0 Å². The van der Waals surface area contributed by atoms with Crippen molar-refractivity contribution in [1.82, 2.24) is 15.6 Å². The number of aromatic nitrogens is 1. The van der Waals surface area contributed by atoms with Gasteiger partial charge in [-0.3, -0.25) is 4.79 Å². The molecule has 2 N–H and O–H groups in total. The van der Waals surface area contributed by atoms with Gasteiger partial charge in [0.1, 0.15) is 16.9 Å². The summed E-state index contributed by atoms with van der Waals surface area (Å²) in [7, 11) is 1.64. The van der Waals surface area contributed by atoms with E-state index in [0.717, 1.165) is 27.7 Å². The Labute approximate surface area is 138 Å². The summed E-state index contributed by atoms with van der Waals surface area (Å²) in [5, 5.41) is 6.95. The van der Waals surface area contributed by atoms with Crippen LogP contribution in [0.15, 0.2) is 30.5 Å². The van der Waals surface area contributed by atoms with Gasteiger partial charge in [0.25, 0.3) is 5.91 Å². The van der Waals surface area contributed by atoms with Crippen LogP contribution in [0, 0.1) is 0 Å². The van der Waals surface area contributed by atoms with Crippen molar-refractivity contribution in [2.75, 3.05) is 26.8 Å². The summed E-state index contributed by atoms with van der Waals surface area (Å²) in [6.07, 6.45) is 1.38. The minimum atomic E-state index is -0.408. The maximum Gasteiger partial charge on any atom is 0.250 e. The summed E-state index contributed by atoms with van der Waals surface area (Å²) < 4.78 is 10.7. The predicted octanol–water partition coefficient (Wildman–Crippen LogP) is 1.42. The number of ether oxygens (including phenoxy) is 2. The molecule has 0 saturated carbocycles. The van der Waals surface area contributed by atoms with Crippen LogP contribution < -0.4 is 15.4 Å². The minimum Gasteiger partial charge on any atom is -0.497 e. The van der Waals surface area contributed by atoms with Gasteiger partial charge in [0.2, 0.25) is 0 Å². The van der Waals surface area contributed by atoms with Gasteiger partial charge in [0, 0.05) is 29.7 Å². The van der Waals surface area contributed by atoms with Gasteiger partial charge < -0.3 is 20.1 Å². The summed E-state index contributed by atoms with van der Waals surface area (Å²) in [4.78, 5) is 17.4. The summed E-state index contributed by atoms with van der Waals surface area (Å²) in [6.45, 7) is 2.38. The van der Waals surface area contributed by atoms with Crippen LogP contribution in [-0.2, 0) is 16.1 Å². The number of nitrogens with zero attached hydrogens (tertiary/aromatic N) is 1. The Balaban J connectivity index is 1.59. The van der Waals surface area contributed by atoms with Gasteiger partial charge in [-0.2, -0.15) is 0 Å². The van der Waals surface area contributed by atoms with Gasteiger partial charge in [0.15, 0.2) is 0 Å². The summed E-state index contributed by atoms with van der Waals surface area (Å²) in [5.74, 6) is 0.711. The molecule has 2 heterocycles. The topological polar surface area (TPSA) is 72.5 Å². The van der Waals surface area contributed by atoms with Gasteiger partial charge >= 0.3 is 0 Å². The van der Waals surface area contributed by atoms with E-state index < -0.39 is 6.10 Å². The number of thiazole rings is 1. The monoisotopic (exact) mass is 333 g/mol. The number of carbonyl (C=O) groups excluding carboxylic acids is 1. The second-order valence-electron chi connectivity index (χ2n) is 5.15. The first-order chi connectivity index (χ1) is 11.3. The maximum atomic E-state index is 12.0. The van der Waals surface area contributed by atoms with Crippen LogP contribution in [0.5, 0.6) is 5.75 Å². The lowest BCUT2D eigenvalue weighted by molar-refractivity contribution is -0.134. The van der Waals surface area contributed by atoms with Gasteiger partial charge in [-0.1, -0.05) is 12.1 Å². The molecule has 2 aromatic rings.